The second kappa shape index (κ2) is 6.98. The molecule has 2 aromatic heterocycles. The van der Waals surface area contributed by atoms with Crippen molar-refractivity contribution < 1.29 is 4.79 Å². The molecule has 1 saturated carbocycles. The Hall–Kier alpha value is -2.18. The monoisotopic (exact) mass is 344 g/mol. The number of carbonyl (C=O) groups is 1. The molecule has 0 radical (unpaired) electrons. The molecule has 3 rings (SSSR count). The first-order valence-electron chi connectivity index (χ1n) is 9.05. The number of nitrogens with one attached hydrogen (secondary N) is 1. The highest BCUT2D eigenvalue weighted by Crippen LogP contribution is 2.41. The quantitative estimate of drug-likeness (QED) is 0.811. The Labute approximate surface area is 148 Å². The number of amides is 1. The number of carbonyl (C=O) groups excluding carboxylic acids is 1. The van der Waals surface area contributed by atoms with Gasteiger partial charge in [-0.3, -0.25) is 4.79 Å². The second-order valence-corrected chi connectivity index (χ2v) is 8.12. The van der Waals surface area contributed by atoms with Gasteiger partial charge in [0.1, 0.15) is 11.8 Å². The Balaban J connectivity index is 1.49. The van der Waals surface area contributed by atoms with Crippen molar-refractivity contribution in [1.29, 1.82) is 0 Å². The number of hydrogen-bond donors (Lipinski definition) is 2. The first-order chi connectivity index (χ1) is 11.9. The maximum Gasteiger partial charge on any atom is 0.223 e. The lowest BCUT2D eigenvalue weighted by Crippen LogP contribution is -2.38. The zero-order valence-corrected chi connectivity index (χ0v) is 15.3. The fourth-order valence-corrected chi connectivity index (χ4v) is 4.21. The number of hydrogen-bond acceptors (Lipinski definition) is 5. The van der Waals surface area contributed by atoms with Gasteiger partial charge >= 0.3 is 0 Å². The lowest BCUT2D eigenvalue weighted by molar-refractivity contribution is -0.128. The summed E-state index contributed by atoms with van der Waals surface area (Å²) in [5.74, 6) is 1.34. The van der Waals surface area contributed by atoms with Crippen molar-refractivity contribution in [3.63, 3.8) is 0 Å². The van der Waals surface area contributed by atoms with Gasteiger partial charge in [0.25, 0.3) is 0 Å². The van der Waals surface area contributed by atoms with Crippen molar-refractivity contribution in [3.05, 3.63) is 12.7 Å². The minimum atomic E-state index is 0.139. The van der Waals surface area contributed by atoms with Crippen LogP contribution in [0.3, 0.4) is 0 Å². The molecule has 0 spiro atoms. The lowest BCUT2D eigenvalue weighted by atomic mass is 9.68. The number of fused-ring (bicyclic) bond motifs is 1. The van der Waals surface area contributed by atoms with Gasteiger partial charge in [0.05, 0.1) is 6.33 Å². The average molecular weight is 344 g/mol. The van der Waals surface area contributed by atoms with Crippen LogP contribution >= 0.6 is 0 Å². The summed E-state index contributed by atoms with van der Waals surface area (Å²) < 4.78 is 1.95. The highest BCUT2D eigenvalue weighted by Gasteiger charge is 2.35. The largest absolute Gasteiger partial charge is 0.382 e. The van der Waals surface area contributed by atoms with Gasteiger partial charge in [0.2, 0.25) is 5.91 Å². The van der Waals surface area contributed by atoms with E-state index in [9.17, 15) is 4.79 Å². The van der Waals surface area contributed by atoms with Gasteiger partial charge in [0.15, 0.2) is 11.5 Å². The number of imidazole rings is 1. The Bertz CT molecular complexity index is 753. The third kappa shape index (κ3) is 4.08. The summed E-state index contributed by atoms with van der Waals surface area (Å²) in [6.07, 6.45) is 7.18. The fourth-order valence-electron chi connectivity index (χ4n) is 4.21. The maximum absolute atomic E-state index is 12.5. The molecule has 25 heavy (non-hydrogen) atoms. The van der Waals surface area contributed by atoms with E-state index in [1.165, 1.54) is 12.7 Å². The van der Waals surface area contributed by atoms with Crippen LogP contribution in [-0.4, -0.2) is 32.0 Å². The summed E-state index contributed by atoms with van der Waals surface area (Å²) >= 11 is 0. The minimum Gasteiger partial charge on any atom is -0.382 e. The highest BCUT2D eigenvalue weighted by molar-refractivity contribution is 5.81. The van der Waals surface area contributed by atoms with Crippen molar-refractivity contribution in [3.8, 4) is 0 Å². The van der Waals surface area contributed by atoms with E-state index in [0.717, 1.165) is 31.5 Å². The molecule has 1 aliphatic carbocycles. The van der Waals surface area contributed by atoms with Crippen LogP contribution < -0.4 is 11.1 Å². The summed E-state index contributed by atoms with van der Waals surface area (Å²) in [6.45, 7) is 8.17. The van der Waals surface area contributed by atoms with Gasteiger partial charge < -0.3 is 15.6 Å². The van der Waals surface area contributed by atoms with E-state index < -0.39 is 0 Å². The van der Waals surface area contributed by atoms with Crippen LogP contribution in [0.25, 0.3) is 11.2 Å². The zero-order valence-electron chi connectivity index (χ0n) is 15.3. The van der Waals surface area contributed by atoms with Gasteiger partial charge in [-0.25, -0.2) is 15.0 Å². The van der Waals surface area contributed by atoms with Gasteiger partial charge in [-0.15, -0.1) is 0 Å². The summed E-state index contributed by atoms with van der Waals surface area (Å²) in [4.78, 5) is 24.9. The molecule has 2 unspecified atom stereocenters. The van der Waals surface area contributed by atoms with E-state index in [4.69, 9.17) is 5.73 Å². The maximum atomic E-state index is 12.5. The highest BCUT2D eigenvalue weighted by atomic mass is 16.1. The summed E-state index contributed by atoms with van der Waals surface area (Å²) in [7, 11) is 0. The van der Waals surface area contributed by atoms with E-state index in [2.05, 4.69) is 41.0 Å². The van der Waals surface area contributed by atoms with Crippen LogP contribution in [0.1, 0.15) is 46.5 Å². The molecule has 7 heteroatoms. The van der Waals surface area contributed by atoms with Gasteiger partial charge in [-0.05, 0) is 37.0 Å². The van der Waals surface area contributed by atoms with Crippen LogP contribution in [0.15, 0.2) is 12.7 Å². The first-order valence-corrected chi connectivity index (χ1v) is 9.05. The normalized spacial score (nSPS) is 22.8. The molecule has 2 heterocycles. The topological polar surface area (TPSA) is 98.7 Å². The fraction of sp³-hybridized carbons (Fsp3) is 0.667. The molecule has 0 bridgehead atoms. The standard InChI is InChI=1S/C18H28N6O/c1-12-7-13(9-18(2,3)8-12)17(25)20-5-4-6-24-11-23-14-15(19)21-10-22-16(14)24/h10-13H,4-9H2,1-3H3,(H,20,25)(H2,19,21,22). The third-order valence-electron chi connectivity index (χ3n) is 5.06. The van der Waals surface area contributed by atoms with Crippen LogP contribution in [0.4, 0.5) is 5.82 Å². The SMILES string of the molecule is CC1CC(C(=O)NCCCn2cnc3c(N)ncnc32)CC(C)(C)C1. The Morgan fingerprint density at radius 1 is 1.36 bits per heavy atom. The van der Waals surface area contributed by atoms with Crippen molar-refractivity contribution in [2.75, 3.05) is 12.3 Å². The van der Waals surface area contributed by atoms with Crippen LogP contribution in [0.5, 0.6) is 0 Å². The number of aryl methyl sites for hydroxylation is 1. The molecule has 136 valence electrons. The molecule has 1 aliphatic rings. The first kappa shape index (κ1) is 17.6. The van der Waals surface area contributed by atoms with Crippen LogP contribution in [0.2, 0.25) is 0 Å². The lowest BCUT2D eigenvalue weighted by Gasteiger charge is -2.38. The number of aromatic nitrogens is 4. The molecule has 0 aliphatic heterocycles. The molecule has 1 fully saturated rings. The van der Waals surface area contributed by atoms with E-state index in [1.54, 1.807) is 6.33 Å². The van der Waals surface area contributed by atoms with E-state index in [-0.39, 0.29) is 17.2 Å². The summed E-state index contributed by atoms with van der Waals surface area (Å²) in [5, 5.41) is 3.10. The summed E-state index contributed by atoms with van der Waals surface area (Å²) in [5.41, 5.74) is 7.42. The predicted molar refractivity (Wildman–Crippen MR) is 97.6 cm³/mol. The Morgan fingerprint density at radius 2 is 2.16 bits per heavy atom. The zero-order chi connectivity index (χ0) is 18.0. The molecule has 7 nitrogen and oxygen atoms in total. The van der Waals surface area contributed by atoms with Crippen molar-refractivity contribution in [2.45, 2.75) is 53.0 Å². The van der Waals surface area contributed by atoms with Crippen LogP contribution in [0, 0.1) is 17.3 Å². The molecule has 3 N–H and O–H groups in total. The second-order valence-electron chi connectivity index (χ2n) is 8.12. The molecule has 0 aromatic carbocycles. The number of nitrogens with zero attached hydrogens (tertiary/aromatic N) is 4. The van der Waals surface area contributed by atoms with E-state index >= 15 is 0 Å². The van der Waals surface area contributed by atoms with E-state index in [1.807, 2.05) is 4.57 Å². The Kier molecular flexibility index (Phi) is 4.92. The molecule has 1 amide bonds. The molecule has 2 atom stereocenters. The number of nitrogen functional groups attached to an aromatic ring is 1. The predicted octanol–water partition coefficient (Wildman–Crippen LogP) is 2.38. The Morgan fingerprint density at radius 3 is 2.92 bits per heavy atom. The number of anilines is 1. The van der Waals surface area contributed by atoms with Gasteiger partial charge in [-0.2, -0.15) is 0 Å². The van der Waals surface area contributed by atoms with Crippen molar-refractivity contribution in [1.82, 2.24) is 24.8 Å². The van der Waals surface area contributed by atoms with Crippen LogP contribution in [-0.2, 0) is 11.3 Å². The average Bonchev–Trinajstić information content (AvgIpc) is 2.94. The third-order valence-corrected chi connectivity index (χ3v) is 5.06. The minimum absolute atomic E-state index is 0.139. The number of rotatable bonds is 5. The molecule has 0 saturated heterocycles. The molecular weight excluding hydrogens is 316 g/mol. The van der Waals surface area contributed by atoms with Crippen molar-refractivity contribution in [2.24, 2.45) is 17.3 Å². The molecule has 2 aromatic rings. The smallest absolute Gasteiger partial charge is 0.223 e. The van der Waals surface area contributed by atoms with Crippen molar-refractivity contribution >= 4 is 22.9 Å². The van der Waals surface area contributed by atoms with E-state index in [0.29, 0.717) is 23.8 Å². The van der Waals surface area contributed by atoms with Gasteiger partial charge in [0, 0.05) is 19.0 Å². The van der Waals surface area contributed by atoms with Gasteiger partial charge in [-0.1, -0.05) is 20.8 Å². The number of nitrogens with two attached hydrogens (primary N) is 1. The summed E-state index contributed by atoms with van der Waals surface area (Å²) in [6, 6.07) is 0. The molecular formula is C18H28N6O.